The topological polar surface area (TPSA) is 49.2 Å². The molecule has 1 N–H and O–H groups in total. The molecule has 0 aliphatic carbocycles. The first-order valence-electron chi connectivity index (χ1n) is 9.38. The highest BCUT2D eigenvalue weighted by atomic mass is 32.1. The zero-order valence-electron chi connectivity index (χ0n) is 15.9. The zero-order valence-corrected chi connectivity index (χ0v) is 16.7. The van der Waals surface area contributed by atoms with E-state index >= 15 is 0 Å². The Hall–Kier alpha value is -2.33. The summed E-state index contributed by atoms with van der Waals surface area (Å²) in [5.74, 6) is 1.01. The average Bonchev–Trinajstić information content (AvgIpc) is 3.03. The minimum absolute atomic E-state index is 0.197. The minimum Gasteiger partial charge on any atom is -0.442 e. The molecule has 1 amide bonds. The Morgan fingerprint density at radius 1 is 1.33 bits per heavy atom. The van der Waals surface area contributed by atoms with Gasteiger partial charge in [0, 0.05) is 30.4 Å². The summed E-state index contributed by atoms with van der Waals surface area (Å²) in [6.45, 7) is 14.8. The Bertz CT molecular complexity index is 730. The molecular formula is C20H26N4O2S. The Morgan fingerprint density at radius 2 is 2.04 bits per heavy atom. The second-order valence-electron chi connectivity index (χ2n) is 7.38. The number of hydrogen-bond acceptors (Lipinski definition) is 4. The Kier molecular flexibility index (Phi) is 6.17. The third kappa shape index (κ3) is 4.69. The molecule has 2 aliphatic rings. The molecule has 2 aliphatic heterocycles. The molecule has 0 aromatic heterocycles. The number of amides is 1. The van der Waals surface area contributed by atoms with Crippen LogP contribution in [0.15, 0.2) is 24.3 Å². The van der Waals surface area contributed by atoms with Gasteiger partial charge in [0.25, 0.3) is 0 Å². The maximum Gasteiger partial charge on any atom is 0.414 e. The maximum atomic E-state index is 12.2. The van der Waals surface area contributed by atoms with Crippen LogP contribution >= 0.6 is 12.2 Å². The number of benzene rings is 1. The summed E-state index contributed by atoms with van der Waals surface area (Å²) in [6.07, 6.45) is 0.542. The second-order valence-corrected chi connectivity index (χ2v) is 7.99. The number of nitrogens with one attached hydrogen (secondary N) is 1. The van der Waals surface area contributed by atoms with E-state index in [1.165, 1.54) is 0 Å². The van der Waals surface area contributed by atoms with E-state index in [0.29, 0.717) is 36.5 Å². The number of hydrogen-bond donors (Lipinski definition) is 1. The lowest BCUT2D eigenvalue weighted by Crippen LogP contribution is -2.40. The van der Waals surface area contributed by atoms with Gasteiger partial charge in [-0.25, -0.2) is 11.4 Å². The van der Waals surface area contributed by atoms with Crippen molar-refractivity contribution < 1.29 is 9.53 Å². The lowest BCUT2D eigenvalue weighted by atomic mass is 9.87. The molecule has 0 bridgehead atoms. The average molecular weight is 387 g/mol. The molecule has 2 heterocycles. The molecule has 3 atom stereocenters. The van der Waals surface area contributed by atoms with E-state index in [-0.39, 0.29) is 12.2 Å². The number of nitrogens with zero attached hydrogens (tertiary/aromatic N) is 3. The highest BCUT2D eigenvalue weighted by Gasteiger charge is 2.32. The van der Waals surface area contributed by atoms with Gasteiger partial charge in [-0.1, -0.05) is 19.1 Å². The van der Waals surface area contributed by atoms with E-state index in [9.17, 15) is 4.79 Å². The molecule has 2 saturated heterocycles. The monoisotopic (exact) mass is 386 g/mol. The normalized spacial score (nSPS) is 25.1. The molecule has 2 fully saturated rings. The van der Waals surface area contributed by atoms with E-state index in [2.05, 4.69) is 34.1 Å². The maximum absolute atomic E-state index is 12.2. The van der Waals surface area contributed by atoms with Crippen LogP contribution in [0.3, 0.4) is 0 Å². The van der Waals surface area contributed by atoms with Crippen molar-refractivity contribution in [3.63, 3.8) is 0 Å². The summed E-state index contributed by atoms with van der Waals surface area (Å²) < 4.78 is 5.40. The van der Waals surface area contributed by atoms with Gasteiger partial charge in [-0.15, -0.1) is 0 Å². The van der Waals surface area contributed by atoms with Gasteiger partial charge in [0.05, 0.1) is 18.1 Å². The highest BCUT2D eigenvalue weighted by molar-refractivity contribution is 7.80. The SMILES string of the molecule is [C-]#[N+]CC1CCN(c2ccc(N3C[C@H](CNC(C)=S)OC3=O)cc2)CC1C. The van der Waals surface area contributed by atoms with E-state index in [0.717, 1.165) is 30.9 Å². The second kappa shape index (κ2) is 8.57. The van der Waals surface area contributed by atoms with Crippen LogP contribution < -0.4 is 15.1 Å². The van der Waals surface area contributed by atoms with Crippen LogP contribution in [0.25, 0.3) is 4.85 Å². The Balaban J connectivity index is 1.60. The van der Waals surface area contributed by atoms with Gasteiger partial charge in [0.2, 0.25) is 6.54 Å². The molecule has 1 aromatic carbocycles. The summed E-state index contributed by atoms with van der Waals surface area (Å²) in [5, 5.41) is 3.05. The van der Waals surface area contributed by atoms with Crippen molar-refractivity contribution in [2.45, 2.75) is 26.4 Å². The number of cyclic esters (lactones) is 1. The lowest BCUT2D eigenvalue weighted by Gasteiger charge is -2.36. The number of carbonyl (C=O) groups excluding carboxylic acids is 1. The number of carbonyl (C=O) groups is 1. The van der Waals surface area contributed by atoms with Gasteiger partial charge < -0.3 is 19.8 Å². The third-order valence-corrected chi connectivity index (χ3v) is 5.53. The number of rotatable bonds is 5. The highest BCUT2D eigenvalue weighted by Crippen LogP contribution is 2.30. The van der Waals surface area contributed by atoms with Crippen molar-refractivity contribution in [3.8, 4) is 0 Å². The number of anilines is 2. The molecule has 0 spiro atoms. The van der Waals surface area contributed by atoms with E-state index in [4.69, 9.17) is 23.5 Å². The van der Waals surface area contributed by atoms with Crippen LogP contribution in [0.5, 0.6) is 0 Å². The molecular weight excluding hydrogens is 360 g/mol. The molecule has 1 aromatic rings. The summed E-state index contributed by atoms with van der Waals surface area (Å²) in [5.41, 5.74) is 2.01. The number of ether oxygens (including phenoxy) is 1. The fourth-order valence-electron chi connectivity index (χ4n) is 3.76. The minimum atomic E-state index is -0.315. The first kappa shape index (κ1) is 19.4. The lowest BCUT2D eigenvalue weighted by molar-refractivity contribution is 0.143. The van der Waals surface area contributed by atoms with Gasteiger partial charge in [0.15, 0.2) is 0 Å². The van der Waals surface area contributed by atoms with E-state index in [1.54, 1.807) is 4.90 Å². The zero-order chi connectivity index (χ0) is 19.4. The van der Waals surface area contributed by atoms with Crippen molar-refractivity contribution in [1.82, 2.24) is 5.32 Å². The molecule has 6 nitrogen and oxygen atoms in total. The van der Waals surface area contributed by atoms with Gasteiger partial charge in [-0.2, -0.15) is 0 Å². The Morgan fingerprint density at radius 3 is 2.67 bits per heavy atom. The van der Waals surface area contributed by atoms with Crippen LogP contribution in [-0.4, -0.2) is 49.9 Å². The molecule has 7 heteroatoms. The van der Waals surface area contributed by atoms with E-state index < -0.39 is 0 Å². The van der Waals surface area contributed by atoms with Gasteiger partial charge >= 0.3 is 6.09 Å². The largest absolute Gasteiger partial charge is 0.442 e. The molecule has 144 valence electrons. The third-order valence-electron chi connectivity index (χ3n) is 5.39. The molecule has 3 rings (SSSR count). The van der Waals surface area contributed by atoms with Crippen LogP contribution in [-0.2, 0) is 4.74 Å². The Labute approximate surface area is 166 Å². The molecule has 27 heavy (non-hydrogen) atoms. The number of thiocarbonyl (C=S) groups is 1. The molecule has 2 unspecified atom stereocenters. The van der Waals surface area contributed by atoms with Crippen LogP contribution in [0.1, 0.15) is 20.3 Å². The van der Waals surface area contributed by atoms with Gasteiger partial charge in [-0.3, -0.25) is 4.90 Å². The van der Waals surface area contributed by atoms with Crippen molar-refractivity contribution in [3.05, 3.63) is 35.7 Å². The van der Waals surface area contributed by atoms with Crippen LogP contribution in [0.4, 0.5) is 16.2 Å². The predicted octanol–water partition coefficient (Wildman–Crippen LogP) is 3.33. The number of piperidine rings is 1. The summed E-state index contributed by atoms with van der Waals surface area (Å²) in [6, 6.07) is 8.09. The fraction of sp³-hybridized carbons (Fsp3) is 0.550. The van der Waals surface area contributed by atoms with Crippen molar-refractivity contribution >= 4 is 34.7 Å². The van der Waals surface area contributed by atoms with Gasteiger partial charge in [0.1, 0.15) is 6.10 Å². The van der Waals surface area contributed by atoms with Crippen LogP contribution in [0, 0.1) is 18.4 Å². The summed E-state index contributed by atoms with van der Waals surface area (Å²) in [4.78, 5) is 20.5. The smallest absolute Gasteiger partial charge is 0.414 e. The van der Waals surface area contributed by atoms with Gasteiger partial charge in [-0.05, 0) is 43.5 Å². The fourth-order valence-corrected chi connectivity index (χ4v) is 3.84. The van der Waals surface area contributed by atoms with Crippen LogP contribution in [0.2, 0.25) is 0 Å². The van der Waals surface area contributed by atoms with E-state index in [1.807, 2.05) is 19.1 Å². The van der Waals surface area contributed by atoms with Crippen molar-refractivity contribution in [1.29, 1.82) is 0 Å². The standard InChI is InChI=1S/C20H26N4O2S/c1-14-12-23(9-8-16(14)10-21-3)17-4-6-18(7-5-17)24-13-19(26-20(24)25)11-22-15(2)27/h4-7,14,16,19H,8-13H2,1-2H3,(H,22,27)/t14?,16?,19-/m0/s1. The summed E-state index contributed by atoms with van der Waals surface area (Å²) in [7, 11) is 0. The summed E-state index contributed by atoms with van der Waals surface area (Å²) >= 11 is 5.00. The molecule has 0 radical (unpaired) electrons. The van der Waals surface area contributed by atoms with Crippen molar-refractivity contribution in [2.75, 3.05) is 42.5 Å². The molecule has 0 saturated carbocycles. The first-order chi connectivity index (χ1) is 13.0. The predicted molar refractivity (Wildman–Crippen MR) is 111 cm³/mol. The first-order valence-corrected chi connectivity index (χ1v) is 9.79. The van der Waals surface area contributed by atoms with Crippen molar-refractivity contribution in [2.24, 2.45) is 11.8 Å². The quantitative estimate of drug-likeness (QED) is 0.621.